The molecule has 0 spiro atoms. The highest BCUT2D eigenvalue weighted by Gasteiger charge is 2.09. The molecule has 0 fully saturated rings. The molecule has 3 nitrogen and oxygen atoms in total. The number of rotatable bonds is 7. The van der Waals surface area contributed by atoms with Crippen molar-refractivity contribution >= 4 is 17.5 Å². The minimum absolute atomic E-state index is 0.334. The molecule has 0 amide bonds. The zero-order valence-electron chi connectivity index (χ0n) is 14.1. The Morgan fingerprint density at radius 3 is 2.26 bits per heavy atom. The third kappa shape index (κ3) is 6.09. The van der Waals surface area contributed by atoms with Crippen LogP contribution >= 0.6 is 0 Å². The van der Waals surface area contributed by atoms with Crippen LogP contribution in [0.3, 0.4) is 0 Å². The van der Waals surface area contributed by atoms with E-state index >= 15 is 0 Å². The van der Waals surface area contributed by atoms with Crippen LogP contribution in [0.5, 0.6) is 0 Å². The highest BCUT2D eigenvalue weighted by atomic mass is 15.3. The molecule has 0 aliphatic carbocycles. The fourth-order valence-electron chi connectivity index (χ4n) is 2.34. The Kier molecular flexibility index (Phi) is 6.57. The number of hydrogen-bond donors (Lipinski definition) is 1. The van der Waals surface area contributed by atoms with Gasteiger partial charge in [-0.25, -0.2) is 0 Å². The van der Waals surface area contributed by atoms with Gasteiger partial charge in [0.25, 0.3) is 0 Å². The molecule has 0 aliphatic heterocycles. The quantitative estimate of drug-likeness (QED) is 0.608. The molecule has 1 atom stereocenters. The van der Waals surface area contributed by atoms with Gasteiger partial charge in [0, 0.05) is 12.5 Å². The molecule has 0 saturated carbocycles. The summed E-state index contributed by atoms with van der Waals surface area (Å²) in [5.41, 5.74) is 6.36. The predicted octanol–water partition coefficient (Wildman–Crippen LogP) is 4.37. The van der Waals surface area contributed by atoms with Gasteiger partial charge in [-0.1, -0.05) is 61.5 Å². The summed E-state index contributed by atoms with van der Waals surface area (Å²) in [5, 5.41) is 4.62. The summed E-state index contributed by atoms with van der Waals surface area (Å²) in [4.78, 5) is 2.18. The molecule has 0 saturated heterocycles. The van der Waals surface area contributed by atoms with Gasteiger partial charge >= 0.3 is 0 Å². The summed E-state index contributed by atoms with van der Waals surface area (Å²) >= 11 is 0. The first kappa shape index (κ1) is 17.0. The summed E-state index contributed by atoms with van der Waals surface area (Å²) < 4.78 is 0. The van der Waals surface area contributed by atoms with E-state index in [0.717, 1.165) is 17.9 Å². The molecule has 2 aromatic carbocycles. The lowest BCUT2D eigenvalue weighted by atomic mass is 10.0. The maximum atomic E-state index is 4.62. The van der Waals surface area contributed by atoms with Gasteiger partial charge in [0.1, 0.15) is 0 Å². The van der Waals surface area contributed by atoms with Crippen LogP contribution in [-0.2, 0) is 0 Å². The van der Waals surface area contributed by atoms with Gasteiger partial charge in [-0.15, -0.1) is 0 Å². The Morgan fingerprint density at radius 1 is 1.04 bits per heavy atom. The highest BCUT2D eigenvalue weighted by molar-refractivity contribution is 6.00. The van der Waals surface area contributed by atoms with E-state index in [9.17, 15) is 0 Å². The van der Waals surface area contributed by atoms with Crippen molar-refractivity contribution in [1.82, 2.24) is 4.90 Å². The minimum Gasteiger partial charge on any atom is -0.309 e. The molecule has 0 unspecified atom stereocenters. The van der Waals surface area contributed by atoms with E-state index in [4.69, 9.17) is 0 Å². The topological polar surface area (TPSA) is 27.6 Å². The van der Waals surface area contributed by atoms with Crippen molar-refractivity contribution in [2.45, 2.75) is 6.92 Å². The average Bonchev–Trinajstić information content (AvgIpc) is 2.56. The molecule has 0 radical (unpaired) electrons. The van der Waals surface area contributed by atoms with Gasteiger partial charge in [-0.2, -0.15) is 5.10 Å². The summed E-state index contributed by atoms with van der Waals surface area (Å²) in [5.74, 6) is 0.334. The molecule has 23 heavy (non-hydrogen) atoms. The average molecular weight is 307 g/mol. The molecule has 2 aromatic rings. The number of nitrogens with one attached hydrogen (secondary N) is 1. The van der Waals surface area contributed by atoms with Gasteiger partial charge in [0.05, 0.1) is 11.4 Å². The smallest absolute Gasteiger partial charge is 0.0648 e. The summed E-state index contributed by atoms with van der Waals surface area (Å²) in [6.45, 7) is 3.15. The Balaban J connectivity index is 2.15. The van der Waals surface area contributed by atoms with Crippen LogP contribution in [0.25, 0.3) is 6.08 Å². The molecule has 120 valence electrons. The molecule has 0 aliphatic rings. The first-order chi connectivity index (χ1) is 11.1. The van der Waals surface area contributed by atoms with Crippen molar-refractivity contribution in [3.05, 3.63) is 72.3 Å². The van der Waals surface area contributed by atoms with Crippen molar-refractivity contribution < 1.29 is 0 Å². The van der Waals surface area contributed by atoms with E-state index in [1.165, 1.54) is 5.56 Å². The summed E-state index contributed by atoms with van der Waals surface area (Å²) in [6.07, 6.45) is 4.21. The van der Waals surface area contributed by atoms with Crippen LogP contribution in [0, 0.1) is 5.92 Å². The summed E-state index contributed by atoms with van der Waals surface area (Å²) in [7, 11) is 4.17. The Bertz CT molecular complexity index is 630. The van der Waals surface area contributed by atoms with E-state index in [-0.39, 0.29) is 0 Å². The van der Waals surface area contributed by atoms with E-state index < -0.39 is 0 Å². The molecule has 0 aromatic heterocycles. The zero-order valence-corrected chi connectivity index (χ0v) is 14.1. The Morgan fingerprint density at radius 2 is 1.65 bits per heavy atom. The van der Waals surface area contributed by atoms with E-state index in [0.29, 0.717) is 5.92 Å². The van der Waals surface area contributed by atoms with E-state index in [1.807, 2.05) is 48.5 Å². The third-order valence-corrected chi connectivity index (χ3v) is 3.48. The second-order valence-electron chi connectivity index (χ2n) is 5.92. The fourth-order valence-corrected chi connectivity index (χ4v) is 2.34. The largest absolute Gasteiger partial charge is 0.309 e. The zero-order chi connectivity index (χ0) is 16.5. The molecule has 1 N–H and O–H groups in total. The lowest BCUT2D eigenvalue weighted by Crippen LogP contribution is -2.25. The lowest BCUT2D eigenvalue weighted by molar-refractivity contribution is 0.381. The molecule has 0 heterocycles. The Hall–Kier alpha value is -2.39. The SMILES string of the molecule is C[C@@H](CN(C)C)C(/C=C/c1ccccc1)=N\Nc1ccccc1. The minimum atomic E-state index is 0.334. The van der Waals surface area contributed by atoms with Crippen LogP contribution in [0.1, 0.15) is 12.5 Å². The van der Waals surface area contributed by atoms with Crippen molar-refractivity contribution in [3.63, 3.8) is 0 Å². The predicted molar refractivity (Wildman–Crippen MR) is 101 cm³/mol. The van der Waals surface area contributed by atoms with Crippen molar-refractivity contribution in [1.29, 1.82) is 0 Å². The number of nitrogens with zero attached hydrogens (tertiary/aromatic N) is 2. The first-order valence-corrected chi connectivity index (χ1v) is 7.91. The van der Waals surface area contributed by atoms with E-state index in [1.54, 1.807) is 0 Å². The summed E-state index contributed by atoms with van der Waals surface area (Å²) in [6, 6.07) is 20.3. The normalized spacial score (nSPS) is 13.5. The van der Waals surface area contributed by atoms with Crippen molar-refractivity contribution in [2.24, 2.45) is 11.0 Å². The maximum absolute atomic E-state index is 4.62. The standard InChI is InChI=1S/C20H25N3/c1-17(16-23(2)3)20(15-14-18-10-6-4-7-11-18)22-21-19-12-8-5-9-13-19/h4-15,17,21H,16H2,1-3H3/b15-14+,22-20-/t17-/m0/s1. The monoisotopic (exact) mass is 307 g/mol. The molecular weight excluding hydrogens is 282 g/mol. The van der Waals surface area contributed by atoms with Crippen LogP contribution in [0.4, 0.5) is 5.69 Å². The second-order valence-corrected chi connectivity index (χ2v) is 5.92. The number of benzene rings is 2. The van der Waals surface area contributed by atoms with Crippen LogP contribution in [0.15, 0.2) is 71.8 Å². The highest BCUT2D eigenvalue weighted by Crippen LogP contribution is 2.09. The van der Waals surface area contributed by atoms with Crippen molar-refractivity contribution in [3.8, 4) is 0 Å². The lowest BCUT2D eigenvalue weighted by Gasteiger charge is -2.17. The first-order valence-electron chi connectivity index (χ1n) is 7.91. The number of hydrogen-bond acceptors (Lipinski definition) is 3. The second kappa shape index (κ2) is 8.91. The van der Waals surface area contributed by atoms with Gasteiger partial charge in [-0.3, -0.25) is 5.43 Å². The number of para-hydroxylation sites is 1. The van der Waals surface area contributed by atoms with Crippen LogP contribution in [0.2, 0.25) is 0 Å². The van der Waals surface area contributed by atoms with Crippen LogP contribution in [-0.4, -0.2) is 31.3 Å². The molecule has 0 bridgehead atoms. The van der Waals surface area contributed by atoms with Gasteiger partial charge in [-0.05, 0) is 37.9 Å². The van der Waals surface area contributed by atoms with Gasteiger partial charge < -0.3 is 4.90 Å². The van der Waals surface area contributed by atoms with Gasteiger partial charge in [0.2, 0.25) is 0 Å². The van der Waals surface area contributed by atoms with Crippen molar-refractivity contribution in [2.75, 3.05) is 26.1 Å². The van der Waals surface area contributed by atoms with Gasteiger partial charge in [0.15, 0.2) is 0 Å². The maximum Gasteiger partial charge on any atom is 0.0648 e. The Labute approximate surface area is 139 Å². The molecule has 2 rings (SSSR count). The van der Waals surface area contributed by atoms with Crippen LogP contribution < -0.4 is 5.43 Å². The third-order valence-electron chi connectivity index (χ3n) is 3.48. The number of allylic oxidation sites excluding steroid dienone is 1. The fraction of sp³-hybridized carbons (Fsp3) is 0.250. The molecular formula is C20H25N3. The van der Waals surface area contributed by atoms with E-state index in [2.05, 4.69) is 60.7 Å². The molecule has 3 heteroatoms. The number of hydrazone groups is 1. The number of anilines is 1.